The van der Waals surface area contributed by atoms with Crippen molar-refractivity contribution in [2.24, 2.45) is 4.99 Å². The molecule has 0 atom stereocenters. The van der Waals surface area contributed by atoms with Gasteiger partial charge in [0.15, 0.2) is 5.70 Å². The van der Waals surface area contributed by atoms with Crippen LogP contribution in [0.2, 0.25) is 0 Å². The fourth-order valence-corrected chi connectivity index (χ4v) is 4.57. The standard InChI is InChI=1S/C22H25N3O4S/c1-5-25(6-2)30(27,28)19-9-7-8-17(15-19)21-23-20(22(26)29-21)14-16-10-12-18(13-11-16)24(3)4/h7-15H,5-6H2,1-4H3. The SMILES string of the molecule is CCN(CC)S(=O)(=O)c1cccc(C2=NC(=Cc3ccc(N(C)C)cc3)C(=O)O2)c1. The third-order valence-corrected chi connectivity index (χ3v) is 6.80. The van der Waals surface area contributed by atoms with Gasteiger partial charge in [0.05, 0.1) is 4.90 Å². The van der Waals surface area contributed by atoms with Crippen molar-refractivity contribution in [1.29, 1.82) is 0 Å². The fourth-order valence-electron chi connectivity index (χ4n) is 3.06. The minimum atomic E-state index is -3.62. The monoisotopic (exact) mass is 427 g/mol. The van der Waals surface area contributed by atoms with Gasteiger partial charge in [0.1, 0.15) is 0 Å². The smallest absolute Gasteiger partial charge is 0.363 e. The lowest BCUT2D eigenvalue weighted by Gasteiger charge is -2.18. The second-order valence-electron chi connectivity index (χ2n) is 6.94. The van der Waals surface area contributed by atoms with Crippen LogP contribution in [-0.2, 0) is 19.6 Å². The molecule has 0 amide bonds. The van der Waals surface area contributed by atoms with Gasteiger partial charge in [0.25, 0.3) is 0 Å². The van der Waals surface area contributed by atoms with E-state index in [1.54, 1.807) is 32.1 Å². The van der Waals surface area contributed by atoms with Crippen LogP contribution in [0.5, 0.6) is 0 Å². The number of carbonyl (C=O) groups is 1. The van der Waals surface area contributed by atoms with E-state index in [0.29, 0.717) is 18.7 Å². The molecule has 0 aromatic heterocycles. The molecule has 0 unspecified atom stereocenters. The number of anilines is 1. The number of rotatable bonds is 7. The van der Waals surface area contributed by atoms with Crippen molar-refractivity contribution < 1.29 is 17.9 Å². The molecule has 0 saturated heterocycles. The fraction of sp³-hybridized carbons (Fsp3) is 0.273. The Kier molecular flexibility index (Phi) is 6.38. The Bertz CT molecular complexity index is 1100. The van der Waals surface area contributed by atoms with E-state index in [2.05, 4.69) is 4.99 Å². The Balaban J connectivity index is 1.91. The number of hydrogen-bond donors (Lipinski definition) is 0. The first-order valence-corrected chi connectivity index (χ1v) is 11.1. The molecule has 0 fully saturated rings. The molecule has 0 saturated carbocycles. The van der Waals surface area contributed by atoms with Gasteiger partial charge in [-0.25, -0.2) is 18.2 Å². The Morgan fingerprint density at radius 2 is 1.70 bits per heavy atom. The van der Waals surface area contributed by atoms with Crippen LogP contribution in [0.1, 0.15) is 25.0 Å². The van der Waals surface area contributed by atoms with Crippen LogP contribution >= 0.6 is 0 Å². The Morgan fingerprint density at radius 1 is 1.03 bits per heavy atom. The second-order valence-corrected chi connectivity index (χ2v) is 8.88. The molecule has 1 heterocycles. The average molecular weight is 428 g/mol. The highest BCUT2D eigenvalue weighted by Gasteiger charge is 2.27. The molecule has 2 aromatic carbocycles. The molecule has 7 nitrogen and oxygen atoms in total. The number of esters is 1. The highest BCUT2D eigenvalue weighted by atomic mass is 32.2. The molecular formula is C22H25N3O4S. The summed E-state index contributed by atoms with van der Waals surface area (Å²) in [5.41, 5.74) is 2.46. The molecule has 0 radical (unpaired) electrons. The van der Waals surface area contributed by atoms with E-state index in [9.17, 15) is 13.2 Å². The summed E-state index contributed by atoms with van der Waals surface area (Å²) in [5, 5.41) is 0. The van der Waals surface area contributed by atoms with Crippen molar-refractivity contribution in [2.75, 3.05) is 32.1 Å². The minimum Gasteiger partial charge on any atom is -0.402 e. The zero-order valence-electron chi connectivity index (χ0n) is 17.5. The van der Waals surface area contributed by atoms with Crippen LogP contribution in [0.15, 0.2) is 64.1 Å². The molecule has 3 rings (SSSR count). The van der Waals surface area contributed by atoms with Crippen molar-refractivity contribution in [3.8, 4) is 0 Å². The summed E-state index contributed by atoms with van der Waals surface area (Å²) >= 11 is 0. The zero-order chi connectivity index (χ0) is 21.9. The van der Waals surface area contributed by atoms with Gasteiger partial charge in [0.2, 0.25) is 15.9 Å². The highest BCUT2D eigenvalue weighted by Crippen LogP contribution is 2.23. The lowest BCUT2D eigenvalue weighted by Crippen LogP contribution is -2.30. The number of carbonyl (C=O) groups excluding carboxylic acids is 1. The van der Waals surface area contributed by atoms with Crippen LogP contribution in [0.3, 0.4) is 0 Å². The number of aliphatic imine (C=N–C) groups is 1. The van der Waals surface area contributed by atoms with E-state index in [1.807, 2.05) is 43.3 Å². The normalized spacial score (nSPS) is 15.4. The predicted molar refractivity (Wildman–Crippen MR) is 118 cm³/mol. The quantitative estimate of drug-likeness (QED) is 0.501. The number of nitrogens with zero attached hydrogens (tertiary/aromatic N) is 3. The van der Waals surface area contributed by atoms with Crippen LogP contribution < -0.4 is 4.90 Å². The molecule has 0 N–H and O–H groups in total. The number of ether oxygens (including phenoxy) is 1. The van der Waals surface area contributed by atoms with Gasteiger partial charge in [-0.1, -0.05) is 32.0 Å². The van der Waals surface area contributed by atoms with E-state index in [4.69, 9.17) is 4.74 Å². The third-order valence-electron chi connectivity index (χ3n) is 4.76. The van der Waals surface area contributed by atoms with Gasteiger partial charge >= 0.3 is 5.97 Å². The summed E-state index contributed by atoms with van der Waals surface area (Å²) in [7, 11) is 0.282. The Labute approximate surface area is 177 Å². The van der Waals surface area contributed by atoms with Gasteiger partial charge in [0, 0.05) is 38.4 Å². The van der Waals surface area contributed by atoms with Crippen LogP contribution in [0, 0.1) is 0 Å². The van der Waals surface area contributed by atoms with Gasteiger partial charge in [-0.2, -0.15) is 4.31 Å². The van der Waals surface area contributed by atoms with Crippen LogP contribution in [-0.4, -0.2) is 51.8 Å². The summed E-state index contributed by atoms with van der Waals surface area (Å²) in [5.74, 6) is -0.480. The molecular weight excluding hydrogens is 402 g/mol. The van der Waals surface area contributed by atoms with E-state index in [-0.39, 0.29) is 16.5 Å². The zero-order valence-corrected chi connectivity index (χ0v) is 18.3. The summed E-state index contributed by atoms with van der Waals surface area (Å²) in [4.78, 5) is 18.7. The molecule has 0 bridgehead atoms. The lowest BCUT2D eigenvalue weighted by atomic mass is 10.1. The van der Waals surface area contributed by atoms with Gasteiger partial charge in [-0.05, 0) is 42.0 Å². The summed E-state index contributed by atoms with van der Waals surface area (Å²) in [6, 6.07) is 14.0. The summed E-state index contributed by atoms with van der Waals surface area (Å²) in [6.07, 6.45) is 1.64. The molecule has 0 aliphatic carbocycles. The first-order chi connectivity index (χ1) is 14.3. The maximum atomic E-state index is 12.8. The Morgan fingerprint density at radius 3 is 2.30 bits per heavy atom. The number of cyclic esters (lactones) is 1. The minimum absolute atomic E-state index is 0.0905. The largest absolute Gasteiger partial charge is 0.402 e. The molecule has 2 aromatic rings. The third kappa shape index (κ3) is 4.44. The lowest BCUT2D eigenvalue weighted by molar-refractivity contribution is -0.129. The van der Waals surface area contributed by atoms with Crippen molar-refractivity contribution >= 4 is 33.7 Å². The molecule has 1 aliphatic heterocycles. The van der Waals surface area contributed by atoms with E-state index in [0.717, 1.165) is 11.3 Å². The first-order valence-electron chi connectivity index (χ1n) is 9.66. The number of sulfonamides is 1. The molecule has 30 heavy (non-hydrogen) atoms. The molecule has 158 valence electrons. The number of benzene rings is 2. The molecule has 0 spiro atoms. The van der Waals surface area contributed by atoms with Gasteiger partial charge < -0.3 is 9.64 Å². The maximum Gasteiger partial charge on any atom is 0.363 e. The van der Waals surface area contributed by atoms with Crippen LogP contribution in [0.25, 0.3) is 6.08 Å². The molecule has 1 aliphatic rings. The summed E-state index contributed by atoms with van der Waals surface area (Å²) < 4.78 is 32.2. The second kappa shape index (κ2) is 8.81. The van der Waals surface area contributed by atoms with Crippen molar-refractivity contribution in [2.45, 2.75) is 18.7 Å². The average Bonchev–Trinajstić information content (AvgIpc) is 3.09. The van der Waals surface area contributed by atoms with Crippen LogP contribution in [0.4, 0.5) is 5.69 Å². The van der Waals surface area contributed by atoms with E-state index < -0.39 is 16.0 Å². The van der Waals surface area contributed by atoms with Crippen molar-refractivity contribution in [3.05, 3.63) is 65.4 Å². The Hall–Kier alpha value is -2.97. The first kappa shape index (κ1) is 21.7. The number of hydrogen-bond acceptors (Lipinski definition) is 6. The maximum absolute atomic E-state index is 12.8. The van der Waals surface area contributed by atoms with Gasteiger partial charge in [-0.15, -0.1) is 0 Å². The summed E-state index contributed by atoms with van der Waals surface area (Å²) in [6.45, 7) is 4.32. The van der Waals surface area contributed by atoms with E-state index >= 15 is 0 Å². The van der Waals surface area contributed by atoms with E-state index in [1.165, 1.54) is 16.4 Å². The molecule has 8 heteroatoms. The van der Waals surface area contributed by atoms with Gasteiger partial charge in [-0.3, -0.25) is 0 Å². The topological polar surface area (TPSA) is 79.3 Å². The predicted octanol–water partition coefficient (Wildman–Crippen LogP) is 3.13. The van der Waals surface area contributed by atoms with Crippen molar-refractivity contribution in [3.63, 3.8) is 0 Å². The highest BCUT2D eigenvalue weighted by molar-refractivity contribution is 7.89. The van der Waals surface area contributed by atoms with Crippen molar-refractivity contribution in [1.82, 2.24) is 4.31 Å².